The van der Waals surface area contributed by atoms with Gasteiger partial charge in [-0.1, -0.05) is 17.7 Å². The molecule has 0 aliphatic heterocycles. The summed E-state index contributed by atoms with van der Waals surface area (Å²) in [5, 5.41) is 2.31. The minimum absolute atomic E-state index is 0.0304. The Kier molecular flexibility index (Phi) is 6.15. The average molecular weight is 399 g/mol. The molecule has 0 aliphatic rings. The average Bonchev–Trinajstić information content (AvgIpc) is 2.52. The number of alkyl halides is 3. The normalized spacial score (nSPS) is 11.2. The second-order valence-electron chi connectivity index (χ2n) is 6.19. The maximum atomic E-state index is 12.8. The van der Waals surface area contributed by atoms with E-state index in [1.54, 1.807) is 12.1 Å². The van der Waals surface area contributed by atoms with Crippen LogP contribution in [0.1, 0.15) is 23.6 Å². The predicted octanol–water partition coefficient (Wildman–Crippen LogP) is 4.97. The van der Waals surface area contributed by atoms with Gasteiger partial charge in [0.1, 0.15) is 6.54 Å². The number of hydrogen-bond acceptors (Lipinski definition) is 2. The summed E-state index contributed by atoms with van der Waals surface area (Å²) in [6, 6.07) is 8.07. The fraction of sp³-hybridized carbons (Fsp3) is 0.263. The Morgan fingerprint density at radius 2 is 1.67 bits per heavy atom. The smallest absolute Gasteiger partial charge is 0.323 e. The second-order valence-corrected chi connectivity index (χ2v) is 6.60. The lowest BCUT2D eigenvalue weighted by Crippen LogP contribution is -2.36. The molecule has 0 saturated heterocycles. The molecule has 0 aliphatic carbocycles. The van der Waals surface area contributed by atoms with Gasteiger partial charge in [-0.2, -0.15) is 13.2 Å². The molecule has 0 bridgehead atoms. The Labute approximate surface area is 159 Å². The van der Waals surface area contributed by atoms with Crippen molar-refractivity contribution in [3.8, 4) is 0 Å². The number of amides is 2. The molecule has 0 atom stereocenters. The van der Waals surface area contributed by atoms with E-state index in [1.807, 2.05) is 19.9 Å². The summed E-state index contributed by atoms with van der Waals surface area (Å²) in [6.07, 6.45) is -4.56. The van der Waals surface area contributed by atoms with Gasteiger partial charge in [0.25, 0.3) is 0 Å². The van der Waals surface area contributed by atoms with Gasteiger partial charge in [0.2, 0.25) is 11.8 Å². The van der Waals surface area contributed by atoms with Crippen LogP contribution in [0.25, 0.3) is 0 Å². The molecule has 0 fully saturated rings. The topological polar surface area (TPSA) is 49.4 Å². The van der Waals surface area contributed by atoms with Crippen molar-refractivity contribution in [2.75, 3.05) is 16.8 Å². The Bertz CT molecular complexity index is 861. The van der Waals surface area contributed by atoms with Gasteiger partial charge in [-0.3, -0.25) is 9.59 Å². The number of anilines is 2. The van der Waals surface area contributed by atoms with Crippen molar-refractivity contribution in [3.63, 3.8) is 0 Å². The van der Waals surface area contributed by atoms with E-state index in [-0.39, 0.29) is 23.2 Å². The van der Waals surface area contributed by atoms with E-state index in [2.05, 4.69) is 5.32 Å². The van der Waals surface area contributed by atoms with Crippen LogP contribution in [0.5, 0.6) is 0 Å². The van der Waals surface area contributed by atoms with Gasteiger partial charge >= 0.3 is 6.18 Å². The van der Waals surface area contributed by atoms with E-state index in [4.69, 9.17) is 11.6 Å². The fourth-order valence-corrected chi connectivity index (χ4v) is 2.79. The van der Waals surface area contributed by atoms with Gasteiger partial charge in [0.05, 0.1) is 16.3 Å². The maximum Gasteiger partial charge on any atom is 0.416 e. The minimum atomic E-state index is -4.56. The summed E-state index contributed by atoms with van der Waals surface area (Å²) in [5.74, 6) is -1.03. The van der Waals surface area contributed by atoms with Crippen molar-refractivity contribution in [2.45, 2.75) is 26.9 Å². The molecule has 0 aromatic heterocycles. The summed E-state index contributed by atoms with van der Waals surface area (Å²) < 4.78 is 38.5. The third kappa shape index (κ3) is 5.47. The first-order valence-corrected chi connectivity index (χ1v) is 8.38. The molecule has 27 heavy (non-hydrogen) atoms. The number of carbonyl (C=O) groups is 2. The molecule has 2 aromatic rings. The minimum Gasteiger partial charge on any atom is -0.323 e. The first-order valence-electron chi connectivity index (χ1n) is 8.00. The highest BCUT2D eigenvalue weighted by atomic mass is 35.5. The summed E-state index contributed by atoms with van der Waals surface area (Å²) in [5.41, 5.74) is 1.26. The van der Waals surface area contributed by atoms with Gasteiger partial charge in [0, 0.05) is 12.6 Å². The largest absolute Gasteiger partial charge is 0.416 e. The van der Waals surface area contributed by atoms with Crippen LogP contribution in [0, 0.1) is 13.8 Å². The van der Waals surface area contributed by atoms with E-state index >= 15 is 0 Å². The van der Waals surface area contributed by atoms with Gasteiger partial charge in [-0.05, 0) is 55.3 Å². The van der Waals surface area contributed by atoms with E-state index in [0.29, 0.717) is 5.69 Å². The molecule has 144 valence electrons. The summed E-state index contributed by atoms with van der Waals surface area (Å²) >= 11 is 5.89. The SMILES string of the molecule is CC(=O)N(CC(=O)Nc1cc(C(F)(F)F)ccc1Cl)c1cc(C)cc(C)c1. The Morgan fingerprint density at radius 1 is 1.07 bits per heavy atom. The van der Waals surface area contributed by atoms with E-state index in [1.165, 1.54) is 11.8 Å². The predicted molar refractivity (Wildman–Crippen MR) is 99.0 cm³/mol. The zero-order chi connectivity index (χ0) is 20.4. The van der Waals surface area contributed by atoms with Gasteiger partial charge < -0.3 is 10.2 Å². The van der Waals surface area contributed by atoms with Crippen LogP contribution in [-0.2, 0) is 15.8 Å². The zero-order valence-electron chi connectivity index (χ0n) is 14.9. The van der Waals surface area contributed by atoms with Crippen LogP contribution < -0.4 is 10.2 Å². The van der Waals surface area contributed by atoms with Crippen LogP contribution in [0.4, 0.5) is 24.5 Å². The summed E-state index contributed by atoms with van der Waals surface area (Å²) in [7, 11) is 0. The Hall–Kier alpha value is -2.54. The lowest BCUT2D eigenvalue weighted by atomic mass is 10.1. The fourth-order valence-electron chi connectivity index (χ4n) is 2.62. The highest BCUT2D eigenvalue weighted by Crippen LogP contribution is 2.33. The number of nitrogens with one attached hydrogen (secondary N) is 1. The molecule has 0 unspecified atom stereocenters. The van der Waals surface area contributed by atoms with Crippen LogP contribution in [0.15, 0.2) is 36.4 Å². The van der Waals surface area contributed by atoms with Gasteiger partial charge in [-0.25, -0.2) is 0 Å². The molecular formula is C19H18ClF3N2O2. The lowest BCUT2D eigenvalue weighted by molar-refractivity contribution is -0.137. The molecule has 0 heterocycles. The Balaban J connectivity index is 2.23. The maximum absolute atomic E-state index is 12.8. The van der Waals surface area contributed by atoms with Crippen molar-refractivity contribution in [3.05, 3.63) is 58.1 Å². The molecule has 1 N–H and O–H groups in total. The standard InChI is InChI=1S/C19H18ClF3N2O2/c1-11-6-12(2)8-15(7-11)25(13(3)26)10-18(27)24-17-9-14(19(21,22)23)4-5-16(17)20/h4-9H,10H2,1-3H3,(H,24,27). The van der Waals surface area contributed by atoms with Gasteiger partial charge in [-0.15, -0.1) is 0 Å². The molecule has 4 nitrogen and oxygen atoms in total. The van der Waals surface area contributed by atoms with Crippen molar-refractivity contribution in [1.29, 1.82) is 0 Å². The van der Waals surface area contributed by atoms with Gasteiger partial charge in [0.15, 0.2) is 0 Å². The van der Waals surface area contributed by atoms with E-state index < -0.39 is 17.6 Å². The number of halogens is 4. The number of carbonyl (C=O) groups excluding carboxylic acids is 2. The summed E-state index contributed by atoms with van der Waals surface area (Å²) in [6.45, 7) is 4.67. The zero-order valence-corrected chi connectivity index (χ0v) is 15.7. The third-order valence-corrected chi connectivity index (χ3v) is 4.10. The molecule has 0 radical (unpaired) electrons. The van der Waals surface area contributed by atoms with Crippen LogP contribution >= 0.6 is 11.6 Å². The molecule has 0 saturated carbocycles. The number of hydrogen-bond donors (Lipinski definition) is 1. The van der Waals surface area contributed by atoms with Crippen LogP contribution in [0.3, 0.4) is 0 Å². The van der Waals surface area contributed by atoms with Crippen molar-refractivity contribution >= 4 is 34.8 Å². The Morgan fingerprint density at radius 3 is 2.19 bits per heavy atom. The van der Waals surface area contributed by atoms with Crippen LogP contribution in [0.2, 0.25) is 5.02 Å². The van der Waals surface area contributed by atoms with Crippen LogP contribution in [-0.4, -0.2) is 18.4 Å². The van der Waals surface area contributed by atoms with E-state index in [9.17, 15) is 22.8 Å². The highest BCUT2D eigenvalue weighted by molar-refractivity contribution is 6.33. The van der Waals surface area contributed by atoms with Crippen molar-refractivity contribution < 1.29 is 22.8 Å². The highest BCUT2D eigenvalue weighted by Gasteiger charge is 2.31. The molecule has 2 rings (SSSR count). The second kappa shape index (κ2) is 8.00. The third-order valence-electron chi connectivity index (χ3n) is 3.77. The number of rotatable bonds is 4. The van der Waals surface area contributed by atoms with E-state index in [0.717, 1.165) is 29.3 Å². The number of nitrogens with zero attached hydrogens (tertiary/aromatic N) is 1. The monoisotopic (exact) mass is 398 g/mol. The molecule has 2 aromatic carbocycles. The molecule has 8 heteroatoms. The molecule has 2 amide bonds. The quantitative estimate of drug-likeness (QED) is 0.790. The lowest BCUT2D eigenvalue weighted by Gasteiger charge is -2.22. The molecular weight excluding hydrogens is 381 g/mol. The number of aryl methyl sites for hydroxylation is 2. The molecule has 0 spiro atoms. The van der Waals surface area contributed by atoms with Crippen molar-refractivity contribution in [2.24, 2.45) is 0 Å². The first-order chi connectivity index (χ1) is 12.5. The number of benzene rings is 2. The first kappa shape index (κ1) is 20.8. The summed E-state index contributed by atoms with van der Waals surface area (Å²) in [4.78, 5) is 25.6. The van der Waals surface area contributed by atoms with Crippen molar-refractivity contribution in [1.82, 2.24) is 0 Å².